The molecule has 0 fully saturated rings. The van der Waals surface area contributed by atoms with Crippen LogP contribution >= 0.6 is 0 Å². The third-order valence-corrected chi connectivity index (χ3v) is 2.20. The van der Waals surface area contributed by atoms with Gasteiger partial charge in [-0.25, -0.2) is 0 Å². The molecular formula is C10H19NO. The van der Waals surface area contributed by atoms with Gasteiger partial charge in [0.1, 0.15) is 0 Å². The Labute approximate surface area is 75.2 Å². The first kappa shape index (κ1) is 9.75. The highest BCUT2D eigenvalue weighted by molar-refractivity contribution is 5.05. The Balaban J connectivity index is 2.40. The first-order chi connectivity index (χ1) is 5.61. The lowest BCUT2D eigenvalue weighted by Crippen LogP contribution is -2.37. The van der Waals surface area contributed by atoms with Gasteiger partial charge in [0.15, 0.2) is 0 Å². The van der Waals surface area contributed by atoms with E-state index in [0.717, 1.165) is 6.54 Å². The van der Waals surface area contributed by atoms with Crippen LogP contribution in [0, 0.1) is 0 Å². The Morgan fingerprint density at radius 3 is 2.50 bits per heavy atom. The van der Waals surface area contributed by atoms with E-state index in [0.29, 0.717) is 18.2 Å². The lowest BCUT2D eigenvalue weighted by molar-refractivity contribution is -0.0119. The molecule has 0 radical (unpaired) electrons. The van der Waals surface area contributed by atoms with Crippen molar-refractivity contribution in [2.75, 3.05) is 13.6 Å². The Morgan fingerprint density at radius 2 is 2.08 bits per heavy atom. The Morgan fingerprint density at radius 1 is 1.42 bits per heavy atom. The van der Waals surface area contributed by atoms with Gasteiger partial charge in [0.2, 0.25) is 0 Å². The van der Waals surface area contributed by atoms with Gasteiger partial charge in [-0.15, -0.1) is 0 Å². The molecule has 2 atom stereocenters. The maximum atomic E-state index is 5.71. The van der Waals surface area contributed by atoms with Gasteiger partial charge in [0, 0.05) is 6.54 Å². The van der Waals surface area contributed by atoms with Gasteiger partial charge >= 0.3 is 0 Å². The van der Waals surface area contributed by atoms with Crippen molar-refractivity contribution >= 4 is 0 Å². The molecule has 0 saturated carbocycles. The summed E-state index contributed by atoms with van der Waals surface area (Å²) in [6.45, 7) is 7.34. The van der Waals surface area contributed by atoms with Crippen molar-refractivity contribution in [3.8, 4) is 0 Å². The van der Waals surface area contributed by atoms with E-state index in [-0.39, 0.29) is 0 Å². The number of hydrogen-bond acceptors (Lipinski definition) is 2. The molecule has 0 aromatic heterocycles. The van der Waals surface area contributed by atoms with Crippen LogP contribution in [0.15, 0.2) is 12.2 Å². The van der Waals surface area contributed by atoms with Crippen molar-refractivity contribution in [2.45, 2.75) is 39.0 Å². The van der Waals surface area contributed by atoms with Crippen LogP contribution in [-0.2, 0) is 4.74 Å². The summed E-state index contributed by atoms with van der Waals surface area (Å²) in [5.41, 5.74) is 0. The van der Waals surface area contributed by atoms with E-state index in [9.17, 15) is 0 Å². The summed E-state index contributed by atoms with van der Waals surface area (Å²) in [7, 11) is 2.13. The molecule has 0 N–H and O–H groups in total. The minimum atomic E-state index is 0.300. The number of nitrogens with zero attached hydrogens (tertiary/aromatic N) is 1. The Bertz CT molecular complexity index is 165. The zero-order valence-electron chi connectivity index (χ0n) is 8.45. The molecular weight excluding hydrogens is 150 g/mol. The number of likely N-dealkylation sites (N-methyl/N-ethyl adjacent to an activating group) is 1. The smallest absolute Gasteiger partial charge is 0.0741 e. The second-order valence-corrected chi connectivity index (χ2v) is 3.75. The summed E-state index contributed by atoms with van der Waals surface area (Å²) in [5.74, 6) is 0. The highest BCUT2D eigenvalue weighted by atomic mass is 16.5. The molecule has 70 valence electrons. The molecule has 0 bridgehead atoms. The normalized spacial score (nSPS) is 26.9. The highest BCUT2D eigenvalue weighted by Gasteiger charge is 2.22. The van der Waals surface area contributed by atoms with Gasteiger partial charge in [-0.3, -0.25) is 4.90 Å². The van der Waals surface area contributed by atoms with Crippen molar-refractivity contribution in [2.24, 2.45) is 0 Å². The van der Waals surface area contributed by atoms with Crippen LogP contribution < -0.4 is 0 Å². The van der Waals surface area contributed by atoms with Crippen molar-refractivity contribution < 1.29 is 4.74 Å². The lowest BCUT2D eigenvalue weighted by Gasteiger charge is -2.27. The Kier molecular flexibility index (Phi) is 3.29. The zero-order valence-corrected chi connectivity index (χ0v) is 8.45. The van der Waals surface area contributed by atoms with Crippen molar-refractivity contribution in [1.82, 2.24) is 4.90 Å². The topological polar surface area (TPSA) is 12.5 Å². The molecule has 0 amide bonds. The number of ether oxygens (including phenoxy) is 1. The predicted octanol–water partition coefficient (Wildman–Crippen LogP) is 1.67. The van der Waals surface area contributed by atoms with E-state index in [2.05, 4.69) is 44.9 Å². The minimum absolute atomic E-state index is 0.300. The van der Waals surface area contributed by atoms with Crippen LogP contribution in [0.4, 0.5) is 0 Å². The summed E-state index contributed by atoms with van der Waals surface area (Å²) in [6.07, 6.45) is 5.05. The summed E-state index contributed by atoms with van der Waals surface area (Å²) in [5, 5.41) is 0. The SMILES string of the molecule is CC(C)O[C@@H](C)C1C=CCN1C. The first-order valence-corrected chi connectivity index (χ1v) is 4.63. The van der Waals surface area contributed by atoms with Crippen LogP contribution in [-0.4, -0.2) is 36.7 Å². The molecule has 0 aromatic rings. The van der Waals surface area contributed by atoms with Crippen LogP contribution in [0.5, 0.6) is 0 Å². The third-order valence-electron chi connectivity index (χ3n) is 2.20. The Hall–Kier alpha value is -0.340. The fourth-order valence-electron chi connectivity index (χ4n) is 1.66. The van der Waals surface area contributed by atoms with Crippen LogP contribution in [0.3, 0.4) is 0 Å². The standard InChI is InChI=1S/C10H19NO/c1-8(2)12-9(3)10-6-5-7-11(10)4/h5-6,8-10H,7H2,1-4H3/t9-,10?/m0/s1. The van der Waals surface area contributed by atoms with E-state index in [4.69, 9.17) is 4.74 Å². The lowest BCUT2D eigenvalue weighted by atomic mass is 10.2. The summed E-state index contributed by atoms with van der Waals surface area (Å²) in [6, 6.07) is 0.465. The van der Waals surface area contributed by atoms with Crippen LogP contribution in [0.2, 0.25) is 0 Å². The van der Waals surface area contributed by atoms with E-state index in [1.54, 1.807) is 0 Å². The fraction of sp³-hybridized carbons (Fsp3) is 0.800. The maximum Gasteiger partial charge on any atom is 0.0741 e. The predicted molar refractivity (Wildman–Crippen MR) is 51.2 cm³/mol. The molecule has 0 saturated heterocycles. The van der Waals surface area contributed by atoms with Crippen LogP contribution in [0.1, 0.15) is 20.8 Å². The first-order valence-electron chi connectivity index (χ1n) is 4.63. The average molecular weight is 169 g/mol. The number of hydrogen-bond donors (Lipinski definition) is 0. The molecule has 0 spiro atoms. The monoisotopic (exact) mass is 169 g/mol. The van der Waals surface area contributed by atoms with Gasteiger partial charge < -0.3 is 4.74 Å². The van der Waals surface area contributed by atoms with E-state index < -0.39 is 0 Å². The van der Waals surface area contributed by atoms with E-state index in [1.807, 2.05) is 0 Å². The van der Waals surface area contributed by atoms with E-state index in [1.165, 1.54) is 0 Å². The molecule has 1 aliphatic heterocycles. The van der Waals surface area contributed by atoms with Crippen molar-refractivity contribution in [3.63, 3.8) is 0 Å². The second kappa shape index (κ2) is 4.06. The summed E-state index contributed by atoms with van der Waals surface area (Å²) in [4.78, 5) is 2.30. The average Bonchev–Trinajstić information content (AvgIpc) is 2.33. The highest BCUT2D eigenvalue weighted by Crippen LogP contribution is 2.14. The maximum absolute atomic E-state index is 5.71. The second-order valence-electron chi connectivity index (χ2n) is 3.75. The van der Waals surface area contributed by atoms with Gasteiger partial charge in [0.05, 0.1) is 18.2 Å². The summed E-state index contributed by atoms with van der Waals surface area (Å²) >= 11 is 0. The quantitative estimate of drug-likeness (QED) is 0.596. The van der Waals surface area contributed by atoms with Gasteiger partial charge in [-0.2, -0.15) is 0 Å². The van der Waals surface area contributed by atoms with Gasteiger partial charge in [-0.1, -0.05) is 12.2 Å². The zero-order chi connectivity index (χ0) is 9.14. The fourth-order valence-corrected chi connectivity index (χ4v) is 1.66. The molecule has 2 nitrogen and oxygen atoms in total. The molecule has 1 heterocycles. The van der Waals surface area contributed by atoms with Gasteiger partial charge in [-0.05, 0) is 27.8 Å². The molecule has 1 rings (SSSR count). The summed E-state index contributed by atoms with van der Waals surface area (Å²) < 4.78 is 5.71. The van der Waals surface area contributed by atoms with Crippen molar-refractivity contribution in [3.05, 3.63) is 12.2 Å². The van der Waals surface area contributed by atoms with Crippen molar-refractivity contribution in [1.29, 1.82) is 0 Å². The molecule has 1 unspecified atom stereocenters. The molecule has 12 heavy (non-hydrogen) atoms. The minimum Gasteiger partial charge on any atom is -0.374 e. The third kappa shape index (κ3) is 2.32. The van der Waals surface area contributed by atoms with Crippen LogP contribution in [0.25, 0.3) is 0 Å². The number of rotatable bonds is 3. The molecule has 0 aliphatic carbocycles. The molecule has 0 aromatic carbocycles. The largest absolute Gasteiger partial charge is 0.374 e. The van der Waals surface area contributed by atoms with E-state index >= 15 is 0 Å². The molecule has 1 aliphatic rings. The van der Waals surface area contributed by atoms with Gasteiger partial charge in [0.25, 0.3) is 0 Å². The molecule has 2 heteroatoms.